The molecule has 0 spiro atoms. The van der Waals surface area contributed by atoms with Gasteiger partial charge in [-0.1, -0.05) is 23.2 Å². The number of nitrogens with two attached hydrogens (primary N) is 1. The van der Waals surface area contributed by atoms with Crippen LogP contribution in [0.15, 0.2) is 51.7 Å². The number of nitrogens with zero attached hydrogens (tertiary/aromatic N) is 2. The Kier molecular flexibility index (Phi) is 3.96. The van der Waals surface area contributed by atoms with Gasteiger partial charge >= 0.3 is 0 Å². The standard InChI is InChI=1S/C20H10Cl2N4O4/c21-11-3-1-8(5-12(11)22)20-24-13-6-9(2-4-14(13)30-20)26-15(27)7-10-16(17(26)23)19(29)25-18(10)28/h1-7H,23H2,(H,25,28,29). The van der Waals surface area contributed by atoms with Crippen LogP contribution < -0.4 is 16.6 Å². The van der Waals surface area contributed by atoms with Crippen LogP contribution in [0.2, 0.25) is 10.0 Å². The van der Waals surface area contributed by atoms with Gasteiger partial charge in [0.1, 0.15) is 11.3 Å². The number of benzene rings is 2. The van der Waals surface area contributed by atoms with Crippen LogP contribution in [-0.2, 0) is 0 Å². The maximum atomic E-state index is 12.6. The number of imide groups is 1. The number of amides is 2. The summed E-state index contributed by atoms with van der Waals surface area (Å²) in [6.45, 7) is 0. The number of aromatic nitrogens is 2. The zero-order valence-corrected chi connectivity index (χ0v) is 16.4. The lowest BCUT2D eigenvalue weighted by molar-refractivity contribution is 0.0880. The molecule has 1 aliphatic heterocycles. The number of pyridine rings is 1. The van der Waals surface area contributed by atoms with E-state index < -0.39 is 17.4 Å². The van der Waals surface area contributed by atoms with Gasteiger partial charge in [0, 0.05) is 11.6 Å². The first-order valence-corrected chi connectivity index (χ1v) is 9.36. The first kappa shape index (κ1) is 18.4. The summed E-state index contributed by atoms with van der Waals surface area (Å²) in [6.07, 6.45) is 0. The summed E-state index contributed by atoms with van der Waals surface area (Å²) in [6, 6.07) is 10.9. The Morgan fingerprint density at radius 2 is 1.77 bits per heavy atom. The molecule has 3 heterocycles. The predicted molar refractivity (Wildman–Crippen MR) is 111 cm³/mol. The van der Waals surface area contributed by atoms with Crippen molar-refractivity contribution >= 4 is 51.9 Å². The fraction of sp³-hybridized carbons (Fsp3) is 0. The van der Waals surface area contributed by atoms with Crippen molar-refractivity contribution in [3.8, 4) is 17.1 Å². The Morgan fingerprint density at radius 1 is 0.967 bits per heavy atom. The van der Waals surface area contributed by atoms with Crippen LogP contribution in [0.3, 0.4) is 0 Å². The maximum absolute atomic E-state index is 12.6. The Hall–Kier alpha value is -3.62. The summed E-state index contributed by atoms with van der Waals surface area (Å²) in [5.41, 5.74) is 7.38. The number of hydrogen-bond donors (Lipinski definition) is 2. The molecule has 5 rings (SSSR count). The second-order valence-corrected chi connectivity index (χ2v) is 7.39. The van der Waals surface area contributed by atoms with Crippen LogP contribution >= 0.6 is 23.2 Å². The first-order valence-electron chi connectivity index (χ1n) is 8.61. The summed E-state index contributed by atoms with van der Waals surface area (Å²) < 4.78 is 6.91. The van der Waals surface area contributed by atoms with Crippen LogP contribution in [0.25, 0.3) is 28.2 Å². The number of nitrogen functional groups attached to an aromatic ring is 1. The molecule has 2 amide bonds. The lowest BCUT2D eigenvalue weighted by Crippen LogP contribution is -2.24. The summed E-state index contributed by atoms with van der Waals surface area (Å²) in [5, 5.41) is 2.90. The van der Waals surface area contributed by atoms with Gasteiger partial charge in [-0.05, 0) is 36.4 Å². The van der Waals surface area contributed by atoms with Crippen molar-refractivity contribution in [3.63, 3.8) is 0 Å². The molecular formula is C20H10Cl2N4O4. The molecule has 4 aromatic rings. The quantitative estimate of drug-likeness (QED) is 0.460. The number of carbonyl (C=O) groups excluding carboxylic acids is 2. The number of nitrogens with one attached hydrogen (secondary N) is 1. The third-order valence-corrected chi connectivity index (χ3v) is 5.49. The van der Waals surface area contributed by atoms with E-state index in [1.165, 1.54) is 0 Å². The average Bonchev–Trinajstić information content (AvgIpc) is 3.24. The summed E-state index contributed by atoms with van der Waals surface area (Å²) >= 11 is 12.0. The third kappa shape index (κ3) is 2.69. The SMILES string of the molecule is Nc1c2c(cc(=O)n1-c1ccc3oc(-c4ccc(Cl)c(Cl)c4)nc3c1)C(=O)NC2=O. The second kappa shape index (κ2) is 6.45. The molecule has 0 saturated carbocycles. The van der Waals surface area contributed by atoms with E-state index in [4.69, 9.17) is 33.4 Å². The predicted octanol–water partition coefficient (Wildman–Crippen LogP) is 3.42. The average molecular weight is 441 g/mol. The summed E-state index contributed by atoms with van der Waals surface area (Å²) in [4.78, 5) is 40.9. The lowest BCUT2D eigenvalue weighted by Gasteiger charge is -2.11. The van der Waals surface area contributed by atoms with Crippen molar-refractivity contribution in [2.75, 3.05) is 5.73 Å². The van der Waals surface area contributed by atoms with E-state index >= 15 is 0 Å². The molecule has 0 saturated heterocycles. The molecule has 8 nitrogen and oxygen atoms in total. The smallest absolute Gasteiger partial charge is 0.262 e. The van der Waals surface area contributed by atoms with Crippen LogP contribution in [0, 0.1) is 0 Å². The Bertz CT molecular complexity index is 1470. The van der Waals surface area contributed by atoms with Crippen molar-refractivity contribution in [1.29, 1.82) is 0 Å². The zero-order chi connectivity index (χ0) is 21.2. The van der Waals surface area contributed by atoms with Gasteiger partial charge in [0.15, 0.2) is 5.58 Å². The van der Waals surface area contributed by atoms with Crippen molar-refractivity contribution < 1.29 is 14.0 Å². The Labute approximate surface area is 177 Å². The van der Waals surface area contributed by atoms with E-state index in [1.807, 2.05) is 0 Å². The normalized spacial score (nSPS) is 13.0. The first-order chi connectivity index (χ1) is 14.3. The van der Waals surface area contributed by atoms with E-state index in [9.17, 15) is 14.4 Å². The molecule has 3 N–H and O–H groups in total. The summed E-state index contributed by atoms with van der Waals surface area (Å²) in [7, 11) is 0. The number of carbonyl (C=O) groups is 2. The molecule has 0 atom stereocenters. The number of fused-ring (bicyclic) bond motifs is 2. The van der Waals surface area contributed by atoms with Gasteiger partial charge in [-0.3, -0.25) is 24.3 Å². The highest BCUT2D eigenvalue weighted by Crippen LogP contribution is 2.31. The van der Waals surface area contributed by atoms with Crippen LogP contribution in [0.1, 0.15) is 20.7 Å². The molecule has 148 valence electrons. The molecule has 30 heavy (non-hydrogen) atoms. The second-order valence-electron chi connectivity index (χ2n) is 6.58. The molecule has 0 aliphatic carbocycles. The fourth-order valence-corrected chi connectivity index (χ4v) is 3.65. The number of anilines is 1. The molecule has 1 aliphatic rings. The largest absolute Gasteiger partial charge is 0.436 e. The van der Waals surface area contributed by atoms with E-state index in [0.29, 0.717) is 38.3 Å². The van der Waals surface area contributed by atoms with Gasteiger partial charge in [0.25, 0.3) is 17.4 Å². The van der Waals surface area contributed by atoms with Crippen molar-refractivity contribution in [3.05, 3.63) is 74.0 Å². The molecule has 0 bridgehead atoms. The fourth-order valence-electron chi connectivity index (χ4n) is 3.35. The van der Waals surface area contributed by atoms with E-state index in [-0.39, 0.29) is 16.9 Å². The van der Waals surface area contributed by atoms with E-state index in [1.54, 1.807) is 36.4 Å². The van der Waals surface area contributed by atoms with Gasteiger partial charge < -0.3 is 10.2 Å². The summed E-state index contributed by atoms with van der Waals surface area (Å²) in [5.74, 6) is -1.11. The Morgan fingerprint density at radius 3 is 2.53 bits per heavy atom. The van der Waals surface area contributed by atoms with Crippen molar-refractivity contribution in [1.82, 2.24) is 14.9 Å². The van der Waals surface area contributed by atoms with Crippen LogP contribution in [0.5, 0.6) is 0 Å². The topological polar surface area (TPSA) is 120 Å². The van der Waals surface area contributed by atoms with Crippen molar-refractivity contribution in [2.45, 2.75) is 0 Å². The molecule has 0 unspecified atom stereocenters. The van der Waals surface area contributed by atoms with Crippen LogP contribution in [-0.4, -0.2) is 21.4 Å². The minimum Gasteiger partial charge on any atom is -0.436 e. The van der Waals surface area contributed by atoms with Crippen LogP contribution in [0.4, 0.5) is 5.82 Å². The number of halogens is 2. The van der Waals surface area contributed by atoms with E-state index in [0.717, 1.165) is 10.6 Å². The monoisotopic (exact) mass is 440 g/mol. The Balaban J connectivity index is 1.66. The highest BCUT2D eigenvalue weighted by molar-refractivity contribution is 6.42. The number of oxazole rings is 1. The van der Waals surface area contributed by atoms with Gasteiger partial charge in [0.2, 0.25) is 5.89 Å². The maximum Gasteiger partial charge on any atom is 0.262 e. The molecule has 0 radical (unpaired) electrons. The minimum absolute atomic E-state index is 0.0312. The zero-order valence-electron chi connectivity index (χ0n) is 14.9. The van der Waals surface area contributed by atoms with Gasteiger partial charge in [0.05, 0.1) is 26.9 Å². The van der Waals surface area contributed by atoms with Gasteiger partial charge in [-0.25, -0.2) is 4.98 Å². The molecular weight excluding hydrogens is 431 g/mol. The van der Waals surface area contributed by atoms with E-state index in [2.05, 4.69) is 10.3 Å². The number of hydrogen-bond acceptors (Lipinski definition) is 6. The highest BCUT2D eigenvalue weighted by Gasteiger charge is 2.31. The minimum atomic E-state index is -0.649. The molecule has 2 aromatic carbocycles. The highest BCUT2D eigenvalue weighted by atomic mass is 35.5. The van der Waals surface area contributed by atoms with Gasteiger partial charge in [-0.2, -0.15) is 0 Å². The molecule has 10 heteroatoms. The lowest BCUT2D eigenvalue weighted by atomic mass is 10.1. The van der Waals surface area contributed by atoms with Gasteiger partial charge in [-0.15, -0.1) is 0 Å². The number of rotatable bonds is 2. The third-order valence-electron chi connectivity index (χ3n) is 4.75. The van der Waals surface area contributed by atoms with Crippen molar-refractivity contribution in [2.24, 2.45) is 0 Å². The molecule has 0 fully saturated rings. The molecule has 2 aromatic heterocycles.